The number of primary amides is 1. The summed E-state index contributed by atoms with van der Waals surface area (Å²) in [6.45, 7) is 11.8. The van der Waals surface area contributed by atoms with Crippen molar-refractivity contribution in [1.29, 1.82) is 0 Å². The minimum atomic E-state index is -0.506. The first kappa shape index (κ1) is 24.5. The summed E-state index contributed by atoms with van der Waals surface area (Å²) in [6, 6.07) is 10.3. The molecule has 1 saturated heterocycles. The highest BCUT2D eigenvalue weighted by molar-refractivity contribution is 6.23. The van der Waals surface area contributed by atoms with E-state index < -0.39 is 5.91 Å². The molecule has 5 rings (SSSR count). The number of morpholine rings is 1. The lowest BCUT2D eigenvalue weighted by atomic mass is 9.90. The molecule has 1 saturated carbocycles. The molecule has 2 heterocycles. The Hall–Kier alpha value is -3.16. The number of amides is 1. The van der Waals surface area contributed by atoms with E-state index in [1.807, 2.05) is 6.07 Å². The van der Waals surface area contributed by atoms with Gasteiger partial charge in [0, 0.05) is 52.7 Å². The van der Waals surface area contributed by atoms with Crippen LogP contribution in [0.1, 0.15) is 62.0 Å². The summed E-state index contributed by atoms with van der Waals surface area (Å²) >= 11 is 0. The van der Waals surface area contributed by atoms with E-state index in [0.29, 0.717) is 28.3 Å². The molecule has 0 bridgehead atoms. The molecule has 2 fully saturated rings. The van der Waals surface area contributed by atoms with Gasteiger partial charge in [-0.15, -0.1) is 0 Å². The number of benzene rings is 2. The van der Waals surface area contributed by atoms with Crippen LogP contribution in [0.2, 0.25) is 0 Å². The summed E-state index contributed by atoms with van der Waals surface area (Å²) in [5.74, 6) is -0.0479. The zero-order valence-corrected chi connectivity index (χ0v) is 21.7. The minimum absolute atomic E-state index is 0.138. The fourth-order valence-corrected chi connectivity index (χ4v) is 5.71. The van der Waals surface area contributed by atoms with E-state index in [2.05, 4.69) is 41.5 Å². The van der Waals surface area contributed by atoms with Crippen LogP contribution in [0.3, 0.4) is 0 Å². The van der Waals surface area contributed by atoms with Crippen LogP contribution in [0.15, 0.2) is 36.0 Å². The van der Waals surface area contributed by atoms with Crippen molar-refractivity contribution in [2.75, 3.05) is 26.3 Å². The SMILES string of the molecule is CC(=O)C(=C(C)N)c1cc(C(N)=O)c2c(c1)c1ccc(C(C)(C)N3CCOCC3)cc1n2CC1CC1. The summed E-state index contributed by atoms with van der Waals surface area (Å²) in [6.07, 6.45) is 2.38. The van der Waals surface area contributed by atoms with E-state index in [4.69, 9.17) is 16.2 Å². The Morgan fingerprint density at radius 3 is 2.31 bits per heavy atom. The molecule has 4 N–H and O–H groups in total. The van der Waals surface area contributed by atoms with Gasteiger partial charge in [0.2, 0.25) is 0 Å². The van der Waals surface area contributed by atoms with Crippen LogP contribution in [0, 0.1) is 5.92 Å². The Morgan fingerprint density at radius 1 is 1.03 bits per heavy atom. The van der Waals surface area contributed by atoms with Gasteiger partial charge in [0.05, 0.1) is 24.3 Å². The molecule has 190 valence electrons. The van der Waals surface area contributed by atoms with Crippen molar-refractivity contribution in [3.05, 3.63) is 52.7 Å². The summed E-state index contributed by atoms with van der Waals surface area (Å²) < 4.78 is 7.86. The number of rotatable bonds is 7. The van der Waals surface area contributed by atoms with Gasteiger partial charge in [0.25, 0.3) is 5.91 Å². The molecular weight excluding hydrogens is 452 g/mol. The number of carbonyl (C=O) groups excluding carboxylic acids is 2. The normalized spacial score (nSPS) is 18.0. The molecular formula is C29H36N4O3. The van der Waals surface area contributed by atoms with E-state index in [0.717, 1.165) is 54.7 Å². The Balaban J connectivity index is 1.78. The molecule has 0 unspecified atom stereocenters. The number of nitrogens with two attached hydrogens (primary N) is 2. The van der Waals surface area contributed by atoms with E-state index in [1.54, 1.807) is 13.0 Å². The molecule has 7 nitrogen and oxygen atoms in total. The third-order valence-corrected chi connectivity index (χ3v) is 7.90. The lowest BCUT2D eigenvalue weighted by molar-refractivity contribution is -0.111. The number of fused-ring (bicyclic) bond motifs is 3. The topological polar surface area (TPSA) is 104 Å². The smallest absolute Gasteiger partial charge is 0.250 e. The number of carbonyl (C=O) groups is 2. The summed E-state index contributed by atoms with van der Waals surface area (Å²) in [5.41, 5.74) is 16.9. The zero-order chi connectivity index (χ0) is 25.8. The maximum absolute atomic E-state index is 12.8. The quantitative estimate of drug-likeness (QED) is 0.486. The highest BCUT2D eigenvalue weighted by Crippen LogP contribution is 2.40. The van der Waals surface area contributed by atoms with Gasteiger partial charge in [-0.3, -0.25) is 14.5 Å². The van der Waals surface area contributed by atoms with Gasteiger partial charge in [-0.2, -0.15) is 0 Å². The number of aromatic nitrogens is 1. The van der Waals surface area contributed by atoms with Gasteiger partial charge in [0.15, 0.2) is 5.78 Å². The molecule has 0 atom stereocenters. The molecule has 1 aliphatic carbocycles. The van der Waals surface area contributed by atoms with Crippen molar-refractivity contribution in [2.24, 2.45) is 17.4 Å². The van der Waals surface area contributed by atoms with Gasteiger partial charge in [-0.25, -0.2) is 0 Å². The van der Waals surface area contributed by atoms with Crippen LogP contribution in [-0.2, 0) is 21.6 Å². The van der Waals surface area contributed by atoms with E-state index in [-0.39, 0.29) is 11.3 Å². The third-order valence-electron chi connectivity index (χ3n) is 7.90. The predicted molar refractivity (Wildman–Crippen MR) is 144 cm³/mol. The lowest BCUT2D eigenvalue weighted by Gasteiger charge is -2.41. The lowest BCUT2D eigenvalue weighted by Crippen LogP contribution is -2.47. The Morgan fingerprint density at radius 2 is 1.72 bits per heavy atom. The second-order valence-corrected chi connectivity index (χ2v) is 10.8. The minimum Gasteiger partial charge on any atom is -0.402 e. The van der Waals surface area contributed by atoms with E-state index in [9.17, 15) is 9.59 Å². The first-order valence-electron chi connectivity index (χ1n) is 12.8. The fraction of sp³-hybridized carbons (Fsp3) is 0.448. The first-order chi connectivity index (χ1) is 17.1. The summed E-state index contributed by atoms with van der Waals surface area (Å²) in [7, 11) is 0. The summed E-state index contributed by atoms with van der Waals surface area (Å²) in [5, 5.41) is 1.97. The average molecular weight is 489 g/mol. The molecule has 1 aliphatic heterocycles. The molecule has 2 aromatic carbocycles. The molecule has 2 aliphatic rings. The number of ether oxygens (including phenoxy) is 1. The maximum Gasteiger partial charge on any atom is 0.250 e. The molecule has 0 radical (unpaired) electrons. The van der Waals surface area contributed by atoms with Crippen molar-refractivity contribution in [3.63, 3.8) is 0 Å². The number of ketones is 1. The molecule has 3 aromatic rings. The molecule has 1 amide bonds. The Kier molecular flexibility index (Phi) is 6.17. The van der Waals surface area contributed by atoms with Crippen LogP contribution in [0.25, 0.3) is 27.4 Å². The largest absolute Gasteiger partial charge is 0.402 e. The Bertz CT molecular complexity index is 1400. The van der Waals surface area contributed by atoms with Crippen molar-refractivity contribution in [2.45, 2.75) is 52.6 Å². The zero-order valence-electron chi connectivity index (χ0n) is 21.7. The maximum atomic E-state index is 12.8. The highest BCUT2D eigenvalue weighted by Gasteiger charge is 2.32. The first-order valence-corrected chi connectivity index (χ1v) is 12.8. The number of Topliss-reactive ketones (excluding diaryl/α,β-unsaturated/α-hetero) is 1. The molecule has 1 aromatic heterocycles. The number of allylic oxidation sites excluding steroid dienone is 2. The predicted octanol–water partition coefficient (Wildman–Crippen LogP) is 4.15. The van der Waals surface area contributed by atoms with Crippen molar-refractivity contribution >= 4 is 39.1 Å². The number of hydrogen-bond acceptors (Lipinski definition) is 5. The molecule has 36 heavy (non-hydrogen) atoms. The average Bonchev–Trinajstić information content (AvgIpc) is 3.61. The van der Waals surface area contributed by atoms with Crippen molar-refractivity contribution in [1.82, 2.24) is 9.47 Å². The highest BCUT2D eigenvalue weighted by atomic mass is 16.5. The van der Waals surface area contributed by atoms with Gasteiger partial charge in [0.1, 0.15) is 0 Å². The standard InChI is InChI=1S/C29H36N4O3/c1-17(30)26(18(2)34)20-13-23-22-8-7-21(29(3,4)32-9-11-36-12-10-32)15-25(22)33(16-19-5-6-19)27(23)24(14-20)28(31)35/h7-8,13-15,19H,5-6,9-12,16,30H2,1-4H3,(H2,31,35). The van der Waals surface area contributed by atoms with Gasteiger partial charge in [-0.1, -0.05) is 12.1 Å². The molecule has 0 spiro atoms. The van der Waals surface area contributed by atoms with Crippen LogP contribution in [-0.4, -0.2) is 47.5 Å². The van der Waals surface area contributed by atoms with E-state index in [1.165, 1.54) is 25.3 Å². The van der Waals surface area contributed by atoms with Crippen LogP contribution < -0.4 is 11.5 Å². The fourth-order valence-electron chi connectivity index (χ4n) is 5.71. The monoisotopic (exact) mass is 488 g/mol. The van der Waals surface area contributed by atoms with Crippen LogP contribution in [0.4, 0.5) is 0 Å². The Labute approximate surface area is 212 Å². The van der Waals surface area contributed by atoms with E-state index >= 15 is 0 Å². The molecule has 7 heteroatoms. The number of nitrogens with zero attached hydrogens (tertiary/aromatic N) is 2. The second kappa shape index (κ2) is 9.05. The van der Waals surface area contributed by atoms with Crippen LogP contribution in [0.5, 0.6) is 0 Å². The van der Waals surface area contributed by atoms with Crippen molar-refractivity contribution in [3.8, 4) is 0 Å². The third kappa shape index (κ3) is 4.20. The van der Waals surface area contributed by atoms with Gasteiger partial charge in [-0.05, 0) is 75.8 Å². The van der Waals surface area contributed by atoms with Crippen molar-refractivity contribution < 1.29 is 14.3 Å². The van der Waals surface area contributed by atoms with Gasteiger partial charge >= 0.3 is 0 Å². The van der Waals surface area contributed by atoms with Crippen LogP contribution >= 0.6 is 0 Å². The number of hydrogen-bond donors (Lipinski definition) is 2. The second-order valence-electron chi connectivity index (χ2n) is 10.8. The summed E-state index contributed by atoms with van der Waals surface area (Å²) in [4.78, 5) is 27.7. The van der Waals surface area contributed by atoms with Gasteiger partial charge < -0.3 is 20.8 Å².